The average molecular weight is 243 g/mol. The minimum atomic E-state index is -4.20. The highest BCUT2D eigenvalue weighted by atomic mass is 19.4. The molecule has 1 unspecified atom stereocenters. The van der Waals surface area contributed by atoms with Crippen molar-refractivity contribution in [1.82, 2.24) is 4.90 Å². The molecule has 1 aliphatic heterocycles. The third-order valence-corrected chi connectivity index (χ3v) is 3.18. The minimum absolute atomic E-state index is 0.349. The van der Waals surface area contributed by atoms with Gasteiger partial charge in [-0.05, 0) is 31.5 Å². The van der Waals surface area contributed by atoms with Crippen molar-refractivity contribution in [3.05, 3.63) is 35.9 Å². The first-order valence-electron chi connectivity index (χ1n) is 5.95. The minimum Gasteiger partial charge on any atom is -0.289 e. The second-order valence-corrected chi connectivity index (χ2v) is 4.45. The molecule has 2 rings (SSSR count). The summed E-state index contributed by atoms with van der Waals surface area (Å²) >= 11 is 0. The lowest BCUT2D eigenvalue weighted by Crippen LogP contribution is -2.41. The van der Waals surface area contributed by atoms with E-state index in [0.29, 0.717) is 18.7 Å². The highest BCUT2D eigenvalue weighted by molar-refractivity contribution is 5.20. The highest BCUT2D eigenvalue weighted by Crippen LogP contribution is 2.38. The van der Waals surface area contributed by atoms with Crippen LogP contribution in [0.5, 0.6) is 0 Å². The molecule has 0 radical (unpaired) electrons. The molecule has 94 valence electrons. The number of hydrogen-bond acceptors (Lipinski definition) is 1. The van der Waals surface area contributed by atoms with Crippen LogP contribution in [-0.2, 0) is 0 Å². The number of piperidine rings is 1. The van der Waals surface area contributed by atoms with Crippen molar-refractivity contribution in [1.29, 1.82) is 0 Å². The van der Waals surface area contributed by atoms with Gasteiger partial charge in [-0.3, -0.25) is 4.90 Å². The molecule has 0 aromatic heterocycles. The Morgan fingerprint density at radius 3 is 2.06 bits per heavy atom. The first kappa shape index (κ1) is 12.4. The predicted octanol–water partition coefficient (Wildman–Crippen LogP) is 3.78. The van der Waals surface area contributed by atoms with Crippen molar-refractivity contribution in [2.45, 2.75) is 31.5 Å². The van der Waals surface area contributed by atoms with Crippen molar-refractivity contribution in [3.8, 4) is 0 Å². The molecule has 1 aromatic rings. The largest absolute Gasteiger partial charge is 0.408 e. The van der Waals surface area contributed by atoms with E-state index in [1.54, 1.807) is 35.2 Å². The smallest absolute Gasteiger partial charge is 0.289 e. The fourth-order valence-corrected chi connectivity index (χ4v) is 2.42. The van der Waals surface area contributed by atoms with Crippen LogP contribution in [0.3, 0.4) is 0 Å². The maximum atomic E-state index is 13.1. The molecular formula is C13H16F3N. The van der Waals surface area contributed by atoms with Crippen LogP contribution in [-0.4, -0.2) is 24.2 Å². The number of alkyl halides is 3. The van der Waals surface area contributed by atoms with Crippen molar-refractivity contribution in [3.63, 3.8) is 0 Å². The lowest BCUT2D eigenvalue weighted by Gasteiger charge is -2.35. The fraction of sp³-hybridized carbons (Fsp3) is 0.538. The summed E-state index contributed by atoms with van der Waals surface area (Å²) in [5.74, 6) is 0. The van der Waals surface area contributed by atoms with Gasteiger partial charge in [-0.1, -0.05) is 36.8 Å². The van der Waals surface area contributed by atoms with Crippen LogP contribution in [0.4, 0.5) is 13.2 Å². The zero-order valence-corrected chi connectivity index (χ0v) is 9.58. The summed E-state index contributed by atoms with van der Waals surface area (Å²) in [5, 5.41) is 0. The van der Waals surface area contributed by atoms with E-state index >= 15 is 0 Å². The van der Waals surface area contributed by atoms with E-state index in [4.69, 9.17) is 0 Å². The zero-order chi connectivity index (χ0) is 12.3. The molecule has 0 spiro atoms. The molecule has 1 saturated heterocycles. The summed E-state index contributed by atoms with van der Waals surface area (Å²) in [6.07, 6.45) is -1.44. The van der Waals surface area contributed by atoms with Gasteiger partial charge in [0.15, 0.2) is 0 Å². The van der Waals surface area contributed by atoms with Gasteiger partial charge in [0.2, 0.25) is 0 Å². The first-order chi connectivity index (χ1) is 8.09. The van der Waals surface area contributed by atoms with Crippen LogP contribution in [0.25, 0.3) is 0 Å². The number of nitrogens with zero attached hydrogens (tertiary/aromatic N) is 1. The van der Waals surface area contributed by atoms with Crippen LogP contribution >= 0.6 is 0 Å². The average Bonchev–Trinajstić information content (AvgIpc) is 2.30. The maximum absolute atomic E-state index is 13.1. The summed E-state index contributed by atoms with van der Waals surface area (Å²) in [6, 6.07) is 6.76. The first-order valence-corrected chi connectivity index (χ1v) is 5.95. The van der Waals surface area contributed by atoms with Crippen molar-refractivity contribution in [2.75, 3.05) is 13.1 Å². The van der Waals surface area contributed by atoms with Crippen molar-refractivity contribution >= 4 is 0 Å². The number of benzene rings is 1. The lowest BCUT2D eigenvalue weighted by molar-refractivity contribution is -0.188. The van der Waals surface area contributed by atoms with Gasteiger partial charge in [-0.25, -0.2) is 0 Å². The van der Waals surface area contributed by atoms with Crippen molar-refractivity contribution in [2.24, 2.45) is 0 Å². The number of hydrogen-bond donors (Lipinski definition) is 0. The quantitative estimate of drug-likeness (QED) is 0.764. The molecule has 0 amide bonds. The third-order valence-electron chi connectivity index (χ3n) is 3.18. The van der Waals surface area contributed by atoms with Gasteiger partial charge in [-0.15, -0.1) is 0 Å². The molecule has 1 nitrogen and oxygen atoms in total. The van der Waals surface area contributed by atoms with Crippen molar-refractivity contribution < 1.29 is 13.2 Å². The molecule has 4 heteroatoms. The molecule has 0 bridgehead atoms. The van der Waals surface area contributed by atoms with Gasteiger partial charge < -0.3 is 0 Å². The molecule has 1 aromatic carbocycles. The third kappa shape index (κ3) is 3.00. The normalized spacial score (nSPS) is 20.2. The van der Waals surface area contributed by atoms with Gasteiger partial charge in [0, 0.05) is 0 Å². The molecule has 0 saturated carbocycles. The molecule has 0 N–H and O–H groups in total. The Morgan fingerprint density at radius 1 is 0.941 bits per heavy atom. The fourth-order valence-electron chi connectivity index (χ4n) is 2.42. The van der Waals surface area contributed by atoms with E-state index in [9.17, 15) is 13.2 Å². The molecule has 1 heterocycles. The Bertz CT molecular complexity index is 341. The van der Waals surface area contributed by atoms with E-state index in [-0.39, 0.29) is 0 Å². The Kier molecular flexibility index (Phi) is 3.72. The highest BCUT2D eigenvalue weighted by Gasteiger charge is 2.44. The maximum Gasteiger partial charge on any atom is 0.408 e. The standard InChI is InChI=1S/C13H16F3N/c14-13(15,16)12(11-7-3-1-4-8-11)17-9-5-2-6-10-17/h1,3-4,7-8,12H,2,5-6,9-10H2. The van der Waals surface area contributed by atoms with Crippen LogP contribution in [0.2, 0.25) is 0 Å². The number of likely N-dealkylation sites (tertiary alicyclic amines) is 1. The van der Waals surface area contributed by atoms with Gasteiger partial charge in [0.1, 0.15) is 6.04 Å². The summed E-state index contributed by atoms with van der Waals surface area (Å²) in [7, 11) is 0. The Hall–Kier alpha value is -1.03. The number of rotatable bonds is 2. The Morgan fingerprint density at radius 2 is 1.53 bits per heavy atom. The van der Waals surface area contributed by atoms with Crippen LogP contribution < -0.4 is 0 Å². The molecular weight excluding hydrogens is 227 g/mol. The van der Waals surface area contributed by atoms with Crippen LogP contribution in [0.15, 0.2) is 30.3 Å². The van der Waals surface area contributed by atoms with Gasteiger partial charge >= 0.3 is 6.18 Å². The molecule has 1 fully saturated rings. The lowest BCUT2D eigenvalue weighted by atomic mass is 10.0. The Balaban J connectivity index is 2.25. The molecule has 1 atom stereocenters. The second kappa shape index (κ2) is 5.08. The second-order valence-electron chi connectivity index (χ2n) is 4.45. The molecule has 0 aliphatic carbocycles. The van der Waals surface area contributed by atoms with Crippen LogP contribution in [0.1, 0.15) is 30.9 Å². The van der Waals surface area contributed by atoms with E-state index in [2.05, 4.69) is 0 Å². The van der Waals surface area contributed by atoms with E-state index in [1.165, 1.54) is 0 Å². The molecule has 17 heavy (non-hydrogen) atoms. The van der Waals surface area contributed by atoms with Gasteiger partial charge in [-0.2, -0.15) is 13.2 Å². The summed E-state index contributed by atoms with van der Waals surface area (Å²) < 4.78 is 39.4. The SMILES string of the molecule is FC(F)(F)C(c1ccccc1)N1CCCCC1. The van der Waals surface area contributed by atoms with E-state index in [1.807, 2.05) is 0 Å². The summed E-state index contributed by atoms with van der Waals surface area (Å²) in [6.45, 7) is 1.08. The number of halogens is 3. The predicted molar refractivity (Wildman–Crippen MR) is 60.7 cm³/mol. The monoisotopic (exact) mass is 243 g/mol. The van der Waals surface area contributed by atoms with Gasteiger partial charge in [0.05, 0.1) is 0 Å². The Labute approximate surface area is 99.2 Å². The zero-order valence-electron chi connectivity index (χ0n) is 9.58. The van der Waals surface area contributed by atoms with E-state index < -0.39 is 12.2 Å². The summed E-state index contributed by atoms with van der Waals surface area (Å²) in [5.41, 5.74) is 0.349. The van der Waals surface area contributed by atoms with Crippen LogP contribution in [0, 0.1) is 0 Å². The van der Waals surface area contributed by atoms with Gasteiger partial charge in [0.25, 0.3) is 0 Å². The topological polar surface area (TPSA) is 3.24 Å². The summed E-state index contributed by atoms with van der Waals surface area (Å²) in [4.78, 5) is 1.55. The van der Waals surface area contributed by atoms with E-state index in [0.717, 1.165) is 19.3 Å². The molecule has 1 aliphatic rings.